The largest absolute Gasteiger partial charge is 0.480 e. The number of carboxylic acid groups (broad SMARTS) is 1. The number of benzene rings is 1. The van der Waals surface area contributed by atoms with Crippen LogP contribution in [0.2, 0.25) is 5.02 Å². The number of hydrogen-bond acceptors (Lipinski definition) is 4. The highest BCUT2D eigenvalue weighted by atomic mass is 35.5. The van der Waals surface area contributed by atoms with Crippen LogP contribution < -0.4 is 4.90 Å². The minimum absolute atomic E-state index is 0.00715. The van der Waals surface area contributed by atoms with Crippen molar-refractivity contribution in [1.29, 1.82) is 0 Å². The van der Waals surface area contributed by atoms with Crippen LogP contribution in [0.15, 0.2) is 24.3 Å². The standard InChI is InChI=1S/C13H16ClNO4S/c14-10-3-1-4-11(7-10)15(8-13(16)17)12-5-2-6-20(18,19)9-12/h1,3-4,7,12H,2,5-6,8-9H2,(H,16,17). The van der Waals surface area contributed by atoms with Gasteiger partial charge in [0, 0.05) is 16.8 Å². The molecule has 1 fully saturated rings. The summed E-state index contributed by atoms with van der Waals surface area (Å²) in [5.74, 6) is -0.819. The molecule has 1 atom stereocenters. The molecule has 1 heterocycles. The van der Waals surface area contributed by atoms with E-state index in [2.05, 4.69) is 0 Å². The fraction of sp³-hybridized carbons (Fsp3) is 0.462. The van der Waals surface area contributed by atoms with Gasteiger partial charge in [0.25, 0.3) is 0 Å². The Bertz CT molecular complexity index is 602. The Morgan fingerprint density at radius 3 is 2.80 bits per heavy atom. The normalized spacial score (nSPS) is 21.4. The predicted molar refractivity (Wildman–Crippen MR) is 78.1 cm³/mol. The minimum atomic E-state index is -3.10. The molecule has 1 aromatic carbocycles. The second kappa shape index (κ2) is 6.01. The van der Waals surface area contributed by atoms with Gasteiger partial charge in [0.15, 0.2) is 9.84 Å². The summed E-state index contributed by atoms with van der Waals surface area (Å²) in [6, 6.07) is 6.51. The van der Waals surface area contributed by atoms with Gasteiger partial charge in [-0.1, -0.05) is 17.7 Å². The van der Waals surface area contributed by atoms with Crippen molar-refractivity contribution in [3.8, 4) is 0 Å². The van der Waals surface area contributed by atoms with E-state index in [1.807, 2.05) is 0 Å². The zero-order valence-corrected chi connectivity index (χ0v) is 12.4. The first-order chi connectivity index (χ1) is 9.37. The summed E-state index contributed by atoms with van der Waals surface area (Å²) in [6.45, 7) is -0.236. The molecule has 0 bridgehead atoms. The van der Waals surface area contributed by atoms with Gasteiger partial charge in [0.1, 0.15) is 6.54 Å². The van der Waals surface area contributed by atoms with Gasteiger partial charge >= 0.3 is 5.97 Å². The molecule has 5 nitrogen and oxygen atoms in total. The summed E-state index contributed by atoms with van der Waals surface area (Å²) in [7, 11) is -3.10. The molecule has 1 N–H and O–H groups in total. The second-order valence-corrected chi connectivity index (χ2v) is 7.58. The smallest absolute Gasteiger partial charge is 0.323 e. The fourth-order valence-electron chi connectivity index (χ4n) is 2.48. The minimum Gasteiger partial charge on any atom is -0.480 e. The van der Waals surface area contributed by atoms with Crippen LogP contribution in [0.4, 0.5) is 5.69 Å². The summed E-state index contributed by atoms with van der Waals surface area (Å²) in [4.78, 5) is 12.7. The van der Waals surface area contributed by atoms with Gasteiger partial charge < -0.3 is 10.0 Å². The van der Waals surface area contributed by atoms with E-state index in [1.165, 1.54) is 0 Å². The Balaban J connectivity index is 2.30. The lowest BCUT2D eigenvalue weighted by Crippen LogP contribution is -2.46. The first-order valence-electron chi connectivity index (χ1n) is 6.32. The third-order valence-corrected chi connectivity index (χ3v) is 5.36. The molecular weight excluding hydrogens is 302 g/mol. The topological polar surface area (TPSA) is 74.7 Å². The third-order valence-electron chi connectivity index (χ3n) is 3.33. The average molecular weight is 318 g/mol. The molecule has 7 heteroatoms. The highest BCUT2D eigenvalue weighted by Gasteiger charge is 2.30. The van der Waals surface area contributed by atoms with Crippen molar-refractivity contribution in [2.45, 2.75) is 18.9 Å². The van der Waals surface area contributed by atoms with Crippen molar-refractivity contribution in [3.63, 3.8) is 0 Å². The van der Waals surface area contributed by atoms with Crippen LogP contribution in [0.25, 0.3) is 0 Å². The first-order valence-corrected chi connectivity index (χ1v) is 8.52. The number of hydrogen-bond donors (Lipinski definition) is 1. The lowest BCUT2D eigenvalue weighted by molar-refractivity contribution is -0.135. The van der Waals surface area contributed by atoms with Crippen molar-refractivity contribution in [2.75, 3.05) is 23.0 Å². The molecule has 1 aliphatic heterocycles. The highest BCUT2D eigenvalue weighted by molar-refractivity contribution is 7.91. The highest BCUT2D eigenvalue weighted by Crippen LogP contribution is 2.26. The van der Waals surface area contributed by atoms with Crippen LogP contribution in [-0.2, 0) is 14.6 Å². The lowest BCUT2D eigenvalue weighted by atomic mass is 10.1. The van der Waals surface area contributed by atoms with E-state index in [0.717, 1.165) is 0 Å². The fourth-order valence-corrected chi connectivity index (χ4v) is 4.37. The number of carboxylic acids is 1. The first kappa shape index (κ1) is 15.1. The van der Waals surface area contributed by atoms with Crippen molar-refractivity contribution >= 4 is 33.1 Å². The molecule has 2 rings (SSSR count). The van der Waals surface area contributed by atoms with Gasteiger partial charge in [-0.2, -0.15) is 0 Å². The molecule has 0 aromatic heterocycles. The van der Waals surface area contributed by atoms with Crippen molar-refractivity contribution in [1.82, 2.24) is 0 Å². The molecule has 0 spiro atoms. The molecule has 1 unspecified atom stereocenters. The molecular formula is C13H16ClNO4S. The molecule has 110 valence electrons. The summed E-state index contributed by atoms with van der Waals surface area (Å²) in [6.07, 6.45) is 1.22. The average Bonchev–Trinajstić information content (AvgIpc) is 2.34. The molecule has 20 heavy (non-hydrogen) atoms. The molecule has 0 aliphatic carbocycles. The van der Waals surface area contributed by atoms with Crippen molar-refractivity contribution in [3.05, 3.63) is 29.3 Å². The molecule has 0 radical (unpaired) electrons. The Morgan fingerprint density at radius 2 is 2.20 bits per heavy atom. The number of rotatable bonds is 4. The summed E-state index contributed by atoms with van der Waals surface area (Å²) in [5, 5.41) is 9.55. The molecule has 1 aromatic rings. The number of carbonyl (C=O) groups is 1. The van der Waals surface area contributed by atoms with E-state index >= 15 is 0 Å². The van der Waals surface area contributed by atoms with E-state index in [-0.39, 0.29) is 24.1 Å². The molecule has 0 saturated carbocycles. The van der Waals surface area contributed by atoms with Crippen LogP contribution in [0.5, 0.6) is 0 Å². The van der Waals surface area contributed by atoms with Crippen molar-refractivity contribution < 1.29 is 18.3 Å². The van der Waals surface area contributed by atoms with Gasteiger partial charge in [-0.05, 0) is 31.0 Å². The maximum Gasteiger partial charge on any atom is 0.323 e. The van der Waals surface area contributed by atoms with Crippen LogP contribution in [0.1, 0.15) is 12.8 Å². The molecule has 1 saturated heterocycles. The Labute approximate surface area is 123 Å². The van der Waals surface area contributed by atoms with E-state index in [4.69, 9.17) is 16.7 Å². The predicted octanol–water partition coefficient (Wildman–Crippen LogP) is 1.81. The summed E-state index contributed by atoms with van der Waals surface area (Å²) < 4.78 is 23.5. The maximum absolute atomic E-state index is 11.7. The van der Waals surface area contributed by atoms with Gasteiger partial charge in [-0.3, -0.25) is 4.79 Å². The van der Waals surface area contributed by atoms with Crippen molar-refractivity contribution in [2.24, 2.45) is 0 Å². The van der Waals surface area contributed by atoms with E-state index in [1.54, 1.807) is 29.2 Å². The maximum atomic E-state index is 11.7. The summed E-state index contributed by atoms with van der Waals surface area (Å²) >= 11 is 5.93. The SMILES string of the molecule is O=C(O)CN(c1cccc(Cl)c1)C1CCCS(=O)(=O)C1. The quantitative estimate of drug-likeness (QED) is 0.916. The van der Waals surface area contributed by atoms with Crippen LogP contribution >= 0.6 is 11.6 Å². The van der Waals surface area contributed by atoms with Crippen LogP contribution in [0, 0.1) is 0 Å². The lowest BCUT2D eigenvalue weighted by Gasteiger charge is -2.34. The molecule has 0 amide bonds. The van der Waals surface area contributed by atoms with Gasteiger partial charge in [-0.15, -0.1) is 0 Å². The summed E-state index contributed by atoms with van der Waals surface area (Å²) in [5.41, 5.74) is 0.641. The van der Waals surface area contributed by atoms with Gasteiger partial charge in [0.2, 0.25) is 0 Å². The van der Waals surface area contributed by atoms with Gasteiger partial charge in [0.05, 0.1) is 11.5 Å². The number of aliphatic carboxylic acids is 1. The second-order valence-electron chi connectivity index (χ2n) is 4.91. The number of halogens is 1. The van der Waals surface area contributed by atoms with Crippen LogP contribution in [0.3, 0.4) is 0 Å². The van der Waals surface area contributed by atoms with Crippen LogP contribution in [-0.4, -0.2) is 43.6 Å². The van der Waals surface area contributed by atoms with Gasteiger partial charge in [-0.25, -0.2) is 8.42 Å². The van der Waals surface area contributed by atoms with E-state index < -0.39 is 15.8 Å². The van der Waals surface area contributed by atoms with E-state index in [0.29, 0.717) is 23.6 Å². The zero-order valence-electron chi connectivity index (χ0n) is 10.8. The number of sulfone groups is 1. The Morgan fingerprint density at radius 1 is 1.45 bits per heavy atom. The Kier molecular flexibility index (Phi) is 4.55. The molecule has 1 aliphatic rings. The number of nitrogens with zero attached hydrogens (tertiary/aromatic N) is 1. The monoisotopic (exact) mass is 317 g/mol. The Hall–Kier alpha value is -1.27. The van der Waals surface area contributed by atoms with E-state index in [9.17, 15) is 13.2 Å². The third kappa shape index (κ3) is 3.86. The number of anilines is 1. The zero-order chi connectivity index (χ0) is 14.8.